The van der Waals surface area contributed by atoms with E-state index in [0.29, 0.717) is 11.8 Å². The first kappa shape index (κ1) is 12.7. The molecule has 0 saturated heterocycles. The SMILES string of the molecule is CC1C=C2[C@@H](CC1)[C@H](C)CC[C@@H]2[C@@H](C)C(=O)O. The third kappa shape index (κ3) is 2.41. The van der Waals surface area contributed by atoms with Gasteiger partial charge in [0.25, 0.3) is 0 Å². The van der Waals surface area contributed by atoms with Gasteiger partial charge in [0.1, 0.15) is 0 Å². The van der Waals surface area contributed by atoms with Crippen LogP contribution in [0.5, 0.6) is 0 Å². The van der Waals surface area contributed by atoms with E-state index in [2.05, 4.69) is 19.9 Å². The first-order valence-electron chi connectivity index (χ1n) is 6.95. The monoisotopic (exact) mass is 236 g/mol. The molecule has 0 amide bonds. The number of allylic oxidation sites excluding steroid dienone is 2. The fraction of sp³-hybridized carbons (Fsp3) is 0.800. The normalized spacial score (nSPS) is 39.1. The van der Waals surface area contributed by atoms with E-state index in [9.17, 15) is 9.90 Å². The average Bonchev–Trinajstić information content (AvgIpc) is 2.28. The van der Waals surface area contributed by atoms with Crippen molar-refractivity contribution < 1.29 is 9.90 Å². The Hall–Kier alpha value is -0.790. The molecule has 2 aliphatic rings. The lowest BCUT2D eigenvalue weighted by Gasteiger charge is -2.42. The molecule has 1 N–H and O–H groups in total. The van der Waals surface area contributed by atoms with Gasteiger partial charge < -0.3 is 5.11 Å². The molecule has 96 valence electrons. The first-order chi connectivity index (χ1) is 8.00. The molecular formula is C15H24O2. The summed E-state index contributed by atoms with van der Waals surface area (Å²) in [5.41, 5.74) is 1.47. The van der Waals surface area contributed by atoms with Gasteiger partial charge in [-0.05, 0) is 49.4 Å². The summed E-state index contributed by atoms with van der Waals surface area (Å²) in [7, 11) is 0. The summed E-state index contributed by atoms with van der Waals surface area (Å²) in [5.74, 6) is 1.47. The van der Waals surface area contributed by atoms with Gasteiger partial charge in [0, 0.05) is 0 Å². The Kier molecular flexibility index (Phi) is 3.60. The van der Waals surface area contributed by atoms with Crippen LogP contribution in [0.3, 0.4) is 0 Å². The van der Waals surface area contributed by atoms with Crippen molar-refractivity contribution in [3.8, 4) is 0 Å². The fourth-order valence-electron chi connectivity index (χ4n) is 3.68. The Morgan fingerprint density at radius 2 is 2.00 bits per heavy atom. The molecular weight excluding hydrogens is 212 g/mol. The summed E-state index contributed by atoms with van der Waals surface area (Å²) in [6, 6.07) is 0. The molecule has 0 aromatic rings. The second kappa shape index (κ2) is 4.83. The van der Waals surface area contributed by atoms with Crippen LogP contribution in [0.2, 0.25) is 0 Å². The van der Waals surface area contributed by atoms with Crippen molar-refractivity contribution in [2.24, 2.45) is 29.6 Å². The highest BCUT2D eigenvalue weighted by atomic mass is 16.4. The Balaban J connectivity index is 2.25. The van der Waals surface area contributed by atoms with Crippen LogP contribution < -0.4 is 0 Å². The van der Waals surface area contributed by atoms with Crippen molar-refractivity contribution in [1.82, 2.24) is 0 Å². The summed E-state index contributed by atoms with van der Waals surface area (Å²) < 4.78 is 0. The maximum atomic E-state index is 11.2. The highest BCUT2D eigenvalue weighted by Crippen LogP contribution is 2.47. The lowest BCUT2D eigenvalue weighted by Crippen LogP contribution is -2.34. The Labute approximate surface area is 104 Å². The summed E-state index contributed by atoms with van der Waals surface area (Å²) in [5, 5.41) is 9.23. The van der Waals surface area contributed by atoms with Crippen molar-refractivity contribution in [2.45, 2.75) is 46.5 Å². The van der Waals surface area contributed by atoms with E-state index in [1.807, 2.05) is 6.92 Å². The molecule has 1 fully saturated rings. The molecule has 0 aliphatic heterocycles. The maximum absolute atomic E-state index is 11.2. The number of hydrogen-bond donors (Lipinski definition) is 1. The molecule has 2 heteroatoms. The molecule has 2 rings (SSSR count). The fourth-order valence-corrected chi connectivity index (χ4v) is 3.68. The van der Waals surface area contributed by atoms with Crippen LogP contribution >= 0.6 is 0 Å². The van der Waals surface area contributed by atoms with Gasteiger partial charge in [-0.2, -0.15) is 0 Å². The van der Waals surface area contributed by atoms with Crippen molar-refractivity contribution in [3.63, 3.8) is 0 Å². The predicted octanol–water partition coefficient (Wildman–Crippen LogP) is 3.73. The second-order valence-corrected chi connectivity index (χ2v) is 6.12. The zero-order chi connectivity index (χ0) is 12.6. The molecule has 17 heavy (non-hydrogen) atoms. The molecule has 0 spiro atoms. The van der Waals surface area contributed by atoms with E-state index in [1.165, 1.54) is 24.8 Å². The Morgan fingerprint density at radius 3 is 2.65 bits per heavy atom. The van der Waals surface area contributed by atoms with Crippen molar-refractivity contribution >= 4 is 5.97 Å². The van der Waals surface area contributed by atoms with Crippen molar-refractivity contribution in [1.29, 1.82) is 0 Å². The summed E-state index contributed by atoms with van der Waals surface area (Å²) in [4.78, 5) is 11.2. The van der Waals surface area contributed by atoms with Gasteiger partial charge in [0.2, 0.25) is 0 Å². The number of rotatable bonds is 2. The molecule has 2 aliphatic carbocycles. The van der Waals surface area contributed by atoms with Gasteiger partial charge in [-0.1, -0.05) is 32.4 Å². The Bertz CT molecular complexity index is 332. The predicted molar refractivity (Wildman–Crippen MR) is 68.7 cm³/mol. The molecule has 0 radical (unpaired) electrons. The minimum absolute atomic E-state index is 0.221. The van der Waals surface area contributed by atoms with E-state index in [1.54, 1.807) is 0 Å². The van der Waals surface area contributed by atoms with Gasteiger partial charge in [-0.3, -0.25) is 4.79 Å². The molecule has 0 aromatic heterocycles. The standard InChI is InChI=1S/C15H24O2/c1-9-4-6-12-10(2)5-7-13(14(12)8-9)11(3)15(16)17/h8-13H,4-7H2,1-3H3,(H,16,17)/t9?,10-,11-,12+,13-/m1/s1. The number of aliphatic carboxylic acids is 1. The second-order valence-electron chi connectivity index (χ2n) is 6.12. The zero-order valence-corrected chi connectivity index (χ0v) is 11.1. The largest absolute Gasteiger partial charge is 0.481 e. The Morgan fingerprint density at radius 1 is 1.29 bits per heavy atom. The zero-order valence-electron chi connectivity index (χ0n) is 11.1. The molecule has 1 saturated carbocycles. The molecule has 0 bridgehead atoms. The van der Waals surface area contributed by atoms with Crippen LogP contribution in [0.4, 0.5) is 0 Å². The lowest BCUT2D eigenvalue weighted by molar-refractivity contribution is -0.143. The number of hydrogen-bond acceptors (Lipinski definition) is 1. The molecule has 5 atom stereocenters. The van der Waals surface area contributed by atoms with Crippen LogP contribution in [0, 0.1) is 29.6 Å². The van der Waals surface area contributed by atoms with Gasteiger partial charge in [0.05, 0.1) is 5.92 Å². The summed E-state index contributed by atoms with van der Waals surface area (Å²) in [6.45, 7) is 6.46. The van der Waals surface area contributed by atoms with E-state index in [4.69, 9.17) is 0 Å². The average molecular weight is 236 g/mol. The van der Waals surface area contributed by atoms with Gasteiger partial charge >= 0.3 is 5.97 Å². The maximum Gasteiger partial charge on any atom is 0.306 e. The van der Waals surface area contributed by atoms with Gasteiger partial charge in [0.15, 0.2) is 0 Å². The summed E-state index contributed by atoms with van der Waals surface area (Å²) >= 11 is 0. The van der Waals surface area contributed by atoms with E-state index < -0.39 is 5.97 Å². The molecule has 0 aromatic carbocycles. The topological polar surface area (TPSA) is 37.3 Å². The number of carbonyl (C=O) groups is 1. The van der Waals surface area contributed by atoms with Gasteiger partial charge in [-0.15, -0.1) is 0 Å². The minimum atomic E-state index is -0.637. The quantitative estimate of drug-likeness (QED) is 0.742. The lowest BCUT2D eigenvalue weighted by atomic mass is 9.63. The molecule has 2 nitrogen and oxygen atoms in total. The van der Waals surface area contributed by atoms with Crippen LogP contribution in [0.25, 0.3) is 0 Å². The number of fused-ring (bicyclic) bond motifs is 1. The van der Waals surface area contributed by atoms with E-state index in [-0.39, 0.29) is 11.8 Å². The minimum Gasteiger partial charge on any atom is -0.481 e. The van der Waals surface area contributed by atoms with E-state index in [0.717, 1.165) is 12.3 Å². The number of carboxylic acid groups (broad SMARTS) is 1. The molecule has 1 unspecified atom stereocenters. The van der Waals surface area contributed by atoms with Crippen LogP contribution in [0.1, 0.15) is 46.5 Å². The van der Waals surface area contributed by atoms with E-state index >= 15 is 0 Å². The van der Waals surface area contributed by atoms with Crippen LogP contribution in [0.15, 0.2) is 11.6 Å². The first-order valence-corrected chi connectivity index (χ1v) is 6.95. The highest BCUT2D eigenvalue weighted by Gasteiger charge is 2.38. The van der Waals surface area contributed by atoms with Crippen molar-refractivity contribution in [2.75, 3.05) is 0 Å². The third-order valence-corrected chi connectivity index (χ3v) is 4.88. The molecule has 0 heterocycles. The van der Waals surface area contributed by atoms with Gasteiger partial charge in [-0.25, -0.2) is 0 Å². The number of carboxylic acids is 1. The smallest absolute Gasteiger partial charge is 0.306 e. The third-order valence-electron chi connectivity index (χ3n) is 4.88. The van der Waals surface area contributed by atoms with Crippen LogP contribution in [-0.4, -0.2) is 11.1 Å². The van der Waals surface area contributed by atoms with Crippen molar-refractivity contribution in [3.05, 3.63) is 11.6 Å². The highest BCUT2D eigenvalue weighted by molar-refractivity contribution is 5.70. The van der Waals surface area contributed by atoms with Crippen LogP contribution in [-0.2, 0) is 4.79 Å². The summed E-state index contributed by atoms with van der Waals surface area (Å²) in [6.07, 6.45) is 7.17.